The van der Waals surface area contributed by atoms with Gasteiger partial charge in [-0.15, -0.1) is 0 Å². The van der Waals surface area contributed by atoms with E-state index in [4.69, 9.17) is 10.5 Å². The van der Waals surface area contributed by atoms with Crippen LogP contribution in [0.4, 0.5) is 0 Å². The normalized spacial score (nSPS) is 12.7. The van der Waals surface area contributed by atoms with E-state index in [1.165, 1.54) is 0 Å². The summed E-state index contributed by atoms with van der Waals surface area (Å²) in [5.41, 5.74) is 7.13. The smallest absolute Gasteiger partial charge is 0.336 e. The van der Waals surface area contributed by atoms with Crippen LogP contribution in [0.5, 0.6) is 0 Å². The van der Waals surface area contributed by atoms with Gasteiger partial charge in [0.05, 0.1) is 12.6 Å². The van der Waals surface area contributed by atoms with Gasteiger partial charge in [-0.3, -0.25) is 9.59 Å². The minimum atomic E-state index is -1.42. The average molecular weight is 354 g/mol. The number of ketones is 1. The molecule has 0 heterocycles. The highest BCUT2D eigenvalue weighted by atomic mass is 16.5. The number of amides is 1. The zero-order valence-electron chi connectivity index (χ0n) is 14.6. The van der Waals surface area contributed by atoms with Crippen LogP contribution in [0.2, 0.25) is 0 Å². The Hall–Kier alpha value is -2.99. The quantitative estimate of drug-likeness (QED) is 0.425. The van der Waals surface area contributed by atoms with E-state index in [-0.39, 0.29) is 6.61 Å². The summed E-state index contributed by atoms with van der Waals surface area (Å²) in [4.78, 5) is 37.2. The lowest BCUT2D eigenvalue weighted by Gasteiger charge is -2.19. The summed E-state index contributed by atoms with van der Waals surface area (Å²) in [6.07, 6.45) is 0.293. The molecule has 0 fully saturated rings. The number of hydrogen-bond acceptors (Lipinski definition) is 5. The SMILES string of the molecule is CCOC(=O)C(NC(=O)[C@@H](N)Cc1ccccc1)C(=O)c1ccccc1. The molecule has 1 amide bonds. The minimum absolute atomic E-state index is 0.101. The van der Waals surface area contributed by atoms with E-state index >= 15 is 0 Å². The third-order valence-corrected chi connectivity index (χ3v) is 3.76. The van der Waals surface area contributed by atoms with Crippen molar-refractivity contribution in [3.05, 3.63) is 71.8 Å². The van der Waals surface area contributed by atoms with Gasteiger partial charge in [0, 0.05) is 5.56 Å². The molecule has 136 valence electrons. The molecule has 0 bridgehead atoms. The summed E-state index contributed by atoms with van der Waals surface area (Å²) >= 11 is 0. The van der Waals surface area contributed by atoms with E-state index in [0.717, 1.165) is 5.56 Å². The van der Waals surface area contributed by atoms with Crippen molar-refractivity contribution in [1.29, 1.82) is 0 Å². The van der Waals surface area contributed by atoms with Gasteiger partial charge < -0.3 is 15.8 Å². The van der Waals surface area contributed by atoms with Crippen LogP contribution in [0.25, 0.3) is 0 Å². The summed E-state index contributed by atoms with van der Waals surface area (Å²) in [6, 6.07) is 15.2. The molecule has 0 spiro atoms. The molecule has 1 unspecified atom stereocenters. The van der Waals surface area contributed by atoms with Crippen molar-refractivity contribution >= 4 is 17.7 Å². The first-order chi connectivity index (χ1) is 12.5. The summed E-state index contributed by atoms with van der Waals surface area (Å²) in [7, 11) is 0. The molecule has 2 aromatic rings. The van der Waals surface area contributed by atoms with E-state index in [9.17, 15) is 14.4 Å². The molecule has 0 aliphatic carbocycles. The van der Waals surface area contributed by atoms with Crippen molar-refractivity contribution in [1.82, 2.24) is 5.32 Å². The van der Waals surface area contributed by atoms with Gasteiger partial charge >= 0.3 is 5.97 Å². The Morgan fingerprint density at radius 1 is 1.00 bits per heavy atom. The molecule has 0 radical (unpaired) electrons. The minimum Gasteiger partial charge on any atom is -0.464 e. The summed E-state index contributed by atoms with van der Waals surface area (Å²) in [6.45, 7) is 1.73. The first-order valence-electron chi connectivity index (χ1n) is 8.38. The molecule has 26 heavy (non-hydrogen) atoms. The molecule has 0 aliphatic rings. The van der Waals surface area contributed by atoms with Gasteiger partial charge in [0.15, 0.2) is 11.8 Å². The van der Waals surface area contributed by atoms with Crippen molar-refractivity contribution in [2.45, 2.75) is 25.4 Å². The first-order valence-corrected chi connectivity index (χ1v) is 8.38. The maximum atomic E-state index is 12.6. The summed E-state index contributed by atoms with van der Waals surface area (Å²) in [5, 5.41) is 2.43. The van der Waals surface area contributed by atoms with Gasteiger partial charge in [0.1, 0.15) is 0 Å². The van der Waals surface area contributed by atoms with E-state index in [0.29, 0.717) is 12.0 Å². The van der Waals surface area contributed by atoms with Gasteiger partial charge in [-0.05, 0) is 18.9 Å². The van der Waals surface area contributed by atoms with E-state index in [1.54, 1.807) is 37.3 Å². The second-order valence-corrected chi connectivity index (χ2v) is 5.72. The summed E-state index contributed by atoms with van der Waals surface area (Å²) in [5.74, 6) is -1.93. The molecule has 6 heteroatoms. The van der Waals surface area contributed by atoms with Crippen LogP contribution in [0.15, 0.2) is 60.7 Å². The Kier molecular flexibility index (Phi) is 7.05. The molecule has 3 N–H and O–H groups in total. The largest absolute Gasteiger partial charge is 0.464 e. The molecular weight excluding hydrogens is 332 g/mol. The number of carbonyl (C=O) groups excluding carboxylic acids is 3. The van der Waals surface area contributed by atoms with Crippen molar-refractivity contribution in [3.8, 4) is 0 Å². The van der Waals surface area contributed by atoms with Gasteiger partial charge in [0.2, 0.25) is 5.91 Å². The fraction of sp³-hybridized carbons (Fsp3) is 0.250. The zero-order valence-corrected chi connectivity index (χ0v) is 14.6. The lowest BCUT2D eigenvalue weighted by atomic mass is 10.0. The fourth-order valence-electron chi connectivity index (χ4n) is 2.44. The number of ether oxygens (including phenoxy) is 1. The molecule has 2 aromatic carbocycles. The molecule has 6 nitrogen and oxygen atoms in total. The number of benzene rings is 2. The Bertz CT molecular complexity index is 747. The van der Waals surface area contributed by atoms with E-state index in [1.807, 2.05) is 30.3 Å². The van der Waals surface area contributed by atoms with Crippen LogP contribution in [0.3, 0.4) is 0 Å². The lowest BCUT2D eigenvalue weighted by Crippen LogP contribution is -2.53. The fourth-order valence-corrected chi connectivity index (χ4v) is 2.44. The Labute approximate surface area is 152 Å². The number of Topliss-reactive ketones (excluding diaryl/α,β-unsaturated/α-hetero) is 1. The zero-order chi connectivity index (χ0) is 18.9. The average Bonchev–Trinajstić information content (AvgIpc) is 2.67. The number of esters is 1. The van der Waals surface area contributed by atoms with Gasteiger partial charge in [-0.1, -0.05) is 60.7 Å². The van der Waals surface area contributed by atoms with Crippen molar-refractivity contribution < 1.29 is 19.1 Å². The number of rotatable bonds is 8. The molecule has 0 aromatic heterocycles. The maximum absolute atomic E-state index is 12.6. The maximum Gasteiger partial charge on any atom is 0.336 e. The van der Waals surface area contributed by atoms with E-state index < -0.39 is 29.7 Å². The van der Waals surface area contributed by atoms with Crippen LogP contribution in [-0.4, -0.2) is 36.4 Å². The topological polar surface area (TPSA) is 98.5 Å². The molecule has 2 rings (SSSR count). The monoisotopic (exact) mass is 354 g/mol. The number of hydrogen-bond donors (Lipinski definition) is 2. The number of nitrogens with one attached hydrogen (secondary N) is 1. The van der Waals surface area contributed by atoms with Crippen molar-refractivity contribution in [3.63, 3.8) is 0 Å². The third-order valence-electron chi connectivity index (χ3n) is 3.76. The standard InChI is InChI=1S/C20H22N2O4/c1-2-26-20(25)17(18(23)15-11-7-4-8-12-15)22-19(24)16(21)13-14-9-5-3-6-10-14/h3-12,16-17H,2,13,21H2,1H3,(H,22,24)/t16-,17?/m0/s1. The van der Waals surface area contributed by atoms with E-state index in [2.05, 4.69) is 5.32 Å². The van der Waals surface area contributed by atoms with Crippen LogP contribution < -0.4 is 11.1 Å². The Morgan fingerprint density at radius 2 is 1.58 bits per heavy atom. The second-order valence-electron chi connectivity index (χ2n) is 5.72. The third kappa shape index (κ3) is 5.26. The number of carbonyl (C=O) groups is 3. The first kappa shape index (κ1) is 19.3. The molecule has 0 saturated carbocycles. The Balaban J connectivity index is 2.11. The van der Waals surface area contributed by atoms with Crippen molar-refractivity contribution in [2.24, 2.45) is 5.73 Å². The Morgan fingerprint density at radius 3 is 2.15 bits per heavy atom. The van der Waals surface area contributed by atoms with Gasteiger partial charge in [0.25, 0.3) is 0 Å². The van der Waals surface area contributed by atoms with Gasteiger partial charge in [-0.25, -0.2) is 4.79 Å². The highest BCUT2D eigenvalue weighted by Crippen LogP contribution is 2.07. The molecule has 2 atom stereocenters. The van der Waals surface area contributed by atoms with Crippen LogP contribution in [0.1, 0.15) is 22.8 Å². The lowest BCUT2D eigenvalue weighted by molar-refractivity contribution is -0.146. The predicted octanol–water partition coefficient (Wildman–Crippen LogP) is 1.49. The van der Waals surface area contributed by atoms with Crippen molar-refractivity contribution in [2.75, 3.05) is 6.61 Å². The predicted molar refractivity (Wildman–Crippen MR) is 97.5 cm³/mol. The molecular formula is C20H22N2O4. The highest BCUT2D eigenvalue weighted by molar-refractivity contribution is 6.14. The second kappa shape index (κ2) is 9.48. The van der Waals surface area contributed by atoms with Crippen LogP contribution in [0, 0.1) is 0 Å². The molecule has 0 saturated heterocycles. The van der Waals surface area contributed by atoms with Crippen LogP contribution in [-0.2, 0) is 20.7 Å². The highest BCUT2D eigenvalue weighted by Gasteiger charge is 2.32. The van der Waals surface area contributed by atoms with Gasteiger partial charge in [-0.2, -0.15) is 0 Å². The summed E-state index contributed by atoms with van der Waals surface area (Å²) < 4.78 is 4.93. The number of nitrogens with two attached hydrogens (primary N) is 1. The molecule has 0 aliphatic heterocycles. The van der Waals surface area contributed by atoms with Crippen LogP contribution >= 0.6 is 0 Å².